The maximum Gasteiger partial charge on any atom is 0.142 e. The maximum atomic E-state index is 13.5. The summed E-state index contributed by atoms with van der Waals surface area (Å²) in [5, 5.41) is 10.1. The van der Waals surface area contributed by atoms with Gasteiger partial charge in [0.2, 0.25) is 0 Å². The third kappa shape index (κ3) is 4.94. The van der Waals surface area contributed by atoms with Gasteiger partial charge in [-0.05, 0) is 18.2 Å². The van der Waals surface area contributed by atoms with Gasteiger partial charge in [-0.3, -0.25) is 0 Å². The molecule has 0 spiro atoms. The second-order valence-electron chi connectivity index (χ2n) is 5.31. The first-order chi connectivity index (χ1) is 11.1. The van der Waals surface area contributed by atoms with Gasteiger partial charge in [0, 0.05) is 19.2 Å². The minimum absolute atomic E-state index is 0.133. The molecule has 0 unspecified atom stereocenters. The van der Waals surface area contributed by atoms with Gasteiger partial charge in [-0.1, -0.05) is 30.3 Å². The number of anilines is 1. The minimum atomic E-state index is -0.684. The van der Waals surface area contributed by atoms with Gasteiger partial charge < -0.3 is 19.5 Å². The molecule has 5 heteroatoms. The highest BCUT2D eigenvalue weighted by atomic mass is 19.1. The molecule has 0 bridgehead atoms. The molecule has 0 aliphatic heterocycles. The van der Waals surface area contributed by atoms with E-state index >= 15 is 0 Å². The van der Waals surface area contributed by atoms with Crippen LogP contribution in [-0.2, 0) is 11.3 Å². The van der Waals surface area contributed by atoms with Crippen molar-refractivity contribution in [1.82, 2.24) is 0 Å². The maximum absolute atomic E-state index is 13.5. The van der Waals surface area contributed by atoms with Crippen LogP contribution in [0.5, 0.6) is 5.75 Å². The van der Waals surface area contributed by atoms with Crippen LogP contribution in [0.3, 0.4) is 0 Å². The molecule has 0 aromatic heterocycles. The fraction of sp³-hybridized carbons (Fsp3) is 0.333. The van der Waals surface area contributed by atoms with E-state index in [1.165, 1.54) is 6.07 Å². The third-order valence-corrected chi connectivity index (χ3v) is 3.51. The Kier molecular flexibility index (Phi) is 6.38. The number of methoxy groups -OCH3 is 1. The van der Waals surface area contributed by atoms with Crippen molar-refractivity contribution in [2.45, 2.75) is 12.7 Å². The van der Waals surface area contributed by atoms with Gasteiger partial charge in [-0.25, -0.2) is 4.39 Å². The summed E-state index contributed by atoms with van der Waals surface area (Å²) in [5.41, 5.74) is 1.38. The fourth-order valence-electron chi connectivity index (χ4n) is 2.33. The second-order valence-corrected chi connectivity index (χ2v) is 5.31. The number of rotatable bonds is 8. The van der Waals surface area contributed by atoms with E-state index in [9.17, 15) is 9.50 Å². The lowest BCUT2D eigenvalue weighted by molar-refractivity contribution is 0.0314. The average molecular weight is 319 g/mol. The standard InChI is InChI=1S/C18H22FNO3/c1-20(17-9-5-6-10-18(17)22-2)11-15(21)13-23-12-14-7-3-4-8-16(14)19/h3-10,15,21H,11-13H2,1-2H3/t15-/m1/s1. The quantitative estimate of drug-likeness (QED) is 0.812. The van der Waals surface area contributed by atoms with Crippen LogP contribution in [0.2, 0.25) is 0 Å². The molecule has 2 aromatic rings. The zero-order chi connectivity index (χ0) is 16.7. The summed E-state index contributed by atoms with van der Waals surface area (Å²) in [6, 6.07) is 14.1. The number of aliphatic hydroxyl groups is 1. The van der Waals surface area contributed by atoms with E-state index in [-0.39, 0.29) is 19.0 Å². The Bertz CT molecular complexity index is 621. The lowest BCUT2D eigenvalue weighted by Gasteiger charge is -2.24. The Morgan fingerprint density at radius 3 is 2.57 bits per heavy atom. The van der Waals surface area contributed by atoms with E-state index in [1.54, 1.807) is 25.3 Å². The first-order valence-electron chi connectivity index (χ1n) is 7.45. The monoisotopic (exact) mass is 319 g/mol. The van der Waals surface area contributed by atoms with Crippen LogP contribution in [0.1, 0.15) is 5.56 Å². The number of benzene rings is 2. The van der Waals surface area contributed by atoms with Crippen molar-refractivity contribution in [3.05, 3.63) is 59.9 Å². The van der Waals surface area contributed by atoms with Crippen molar-refractivity contribution in [3.8, 4) is 5.75 Å². The summed E-state index contributed by atoms with van der Waals surface area (Å²) >= 11 is 0. The Morgan fingerprint density at radius 2 is 1.83 bits per heavy atom. The molecule has 0 radical (unpaired) electrons. The van der Waals surface area contributed by atoms with Crippen LogP contribution in [0.15, 0.2) is 48.5 Å². The van der Waals surface area contributed by atoms with Crippen molar-refractivity contribution >= 4 is 5.69 Å². The van der Waals surface area contributed by atoms with E-state index < -0.39 is 6.10 Å². The number of halogens is 1. The molecule has 0 saturated heterocycles. The zero-order valence-corrected chi connectivity index (χ0v) is 13.4. The Hall–Kier alpha value is -2.11. The molecular formula is C18H22FNO3. The highest BCUT2D eigenvalue weighted by molar-refractivity contribution is 5.57. The molecule has 0 saturated carbocycles. The number of hydrogen-bond acceptors (Lipinski definition) is 4. The summed E-state index contributed by atoms with van der Waals surface area (Å²) < 4.78 is 24.2. The average Bonchev–Trinajstić information content (AvgIpc) is 2.56. The van der Waals surface area contributed by atoms with Gasteiger partial charge in [0.25, 0.3) is 0 Å². The summed E-state index contributed by atoms with van der Waals surface area (Å²) in [5.74, 6) is 0.447. The first kappa shape index (κ1) is 17.2. The summed E-state index contributed by atoms with van der Waals surface area (Å²) in [6.07, 6.45) is -0.684. The lowest BCUT2D eigenvalue weighted by atomic mass is 10.2. The largest absolute Gasteiger partial charge is 0.495 e. The van der Waals surface area contributed by atoms with Gasteiger partial charge >= 0.3 is 0 Å². The molecule has 2 aromatic carbocycles. The Labute approximate surface area is 136 Å². The lowest BCUT2D eigenvalue weighted by Crippen LogP contribution is -2.32. The van der Waals surface area contributed by atoms with Crippen LogP contribution in [-0.4, -0.2) is 38.5 Å². The zero-order valence-electron chi connectivity index (χ0n) is 13.4. The van der Waals surface area contributed by atoms with Crippen LogP contribution in [0.25, 0.3) is 0 Å². The van der Waals surface area contributed by atoms with Crippen molar-refractivity contribution in [2.75, 3.05) is 32.2 Å². The van der Waals surface area contributed by atoms with Crippen LogP contribution < -0.4 is 9.64 Å². The van der Waals surface area contributed by atoms with Crippen molar-refractivity contribution < 1.29 is 19.0 Å². The normalized spacial score (nSPS) is 12.0. The molecule has 23 heavy (non-hydrogen) atoms. The summed E-state index contributed by atoms with van der Waals surface area (Å²) in [4.78, 5) is 1.90. The molecular weight excluding hydrogens is 297 g/mol. The SMILES string of the molecule is COc1ccccc1N(C)C[C@@H](O)COCc1ccccc1F. The van der Waals surface area contributed by atoms with E-state index in [0.717, 1.165) is 11.4 Å². The topological polar surface area (TPSA) is 41.9 Å². The van der Waals surface area contributed by atoms with E-state index in [0.29, 0.717) is 12.1 Å². The van der Waals surface area contributed by atoms with Gasteiger partial charge in [0.15, 0.2) is 0 Å². The molecule has 0 heterocycles. The van der Waals surface area contributed by atoms with Crippen LogP contribution in [0, 0.1) is 5.82 Å². The molecule has 1 atom stereocenters. The van der Waals surface area contributed by atoms with Crippen molar-refractivity contribution in [2.24, 2.45) is 0 Å². The second kappa shape index (κ2) is 8.50. The number of aliphatic hydroxyl groups excluding tert-OH is 1. The number of hydrogen-bond donors (Lipinski definition) is 1. The van der Waals surface area contributed by atoms with Crippen molar-refractivity contribution in [3.63, 3.8) is 0 Å². The van der Waals surface area contributed by atoms with Crippen LogP contribution in [0.4, 0.5) is 10.1 Å². The van der Waals surface area contributed by atoms with Gasteiger partial charge in [-0.2, -0.15) is 0 Å². The highest BCUT2D eigenvalue weighted by Crippen LogP contribution is 2.26. The molecule has 4 nitrogen and oxygen atoms in total. The Morgan fingerprint density at radius 1 is 1.13 bits per heavy atom. The van der Waals surface area contributed by atoms with Crippen molar-refractivity contribution in [1.29, 1.82) is 0 Å². The van der Waals surface area contributed by atoms with E-state index in [2.05, 4.69) is 0 Å². The molecule has 0 aliphatic carbocycles. The van der Waals surface area contributed by atoms with E-state index in [1.807, 2.05) is 36.2 Å². The molecule has 0 amide bonds. The highest BCUT2D eigenvalue weighted by Gasteiger charge is 2.13. The molecule has 1 N–H and O–H groups in total. The molecule has 124 valence electrons. The number of ether oxygens (including phenoxy) is 2. The molecule has 2 rings (SSSR count). The van der Waals surface area contributed by atoms with Gasteiger partial charge in [0.05, 0.1) is 32.1 Å². The minimum Gasteiger partial charge on any atom is -0.495 e. The van der Waals surface area contributed by atoms with E-state index in [4.69, 9.17) is 9.47 Å². The number of para-hydroxylation sites is 2. The Balaban J connectivity index is 1.82. The predicted octanol–water partition coefficient (Wildman–Crippen LogP) is 2.85. The summed E-state index contributed by atoms with van der Waals surface area (Å²) in [7, 11) is 3.48. The number of nitrogens with zero attached hydrogens (tertiary/aromatic N) is 1. The van der Waals surface area contributed by atoms with Gasteiger partial charge in [0.1, 0.15) is 11.6 Å². The number of likely N-dealkylation sites (N-methyl/N-ethyl adjacent to an activating group) is 1. The third-order valence-electron chi connectivity index (χ3n) is 3.51. The fourth-order valence-corrected chi connectivity index (χ4v) is 2.33. The molecule has 0 fully saturated rings. The molecule has 0 aliphatic rings. The van der Waals surface area contributed by atoms with Crippen LogP contribution >= 0.6 is 0 Å². The smallest absolute Gasteiger partial charge is 0.142 e. The van der Waals surface area contributed by atoms with Gasteiger partial charge in [-0.15, -0.1) is 0 Å². The first-order valence-corrected chi connectivity index (χ1v) is 7.45. The predicted molar refractivity (Wildman–Crippen MR) is 88.3 cm³/mol. The summed E-state index contributed by atoms with van der Waals surface area (Å²) in [6.45, 7) is 0.660.